The minimum absolute atomic E-state index is 0.0460. The van der Waals surface area contributed by atoms with E-state index in [1.54, 1.807) is 59.7 Å². The van der Waals surface area contributed by atoms with E-state index in [0.29, 0.717) is 16.6 Å². The number of benzene rings is 1. The number of nitrogens with zero attached hydrogens (tertiary/aromatic N) is 1. The van der Waals surface area contributed by atoms with Crippen molar-refractivity contribution in [1.29, 1.82) is 0 Å². The number of aromatic nitrogens is 1. The number of esters is 1. The van der Waals surface area contributed by atoms with Crippen LogP contribution >= 0.6 is 0 Å². The van der Waals surface area contributed by atoms with E-state index in [4.69, 9.17) is 9.47 Å². The molecule has 0 saturated carbocycles. The van der Waals surface area contributed by atoms with E-state index < -0.39 is 29.2 Å². The van der Waals surface area contributed by atoms with Gasteiger partial charge in [-0.1, -0.05) is 0 Å². The Bertz CT molecular complexity index is 915. The van der Waals surface area contributed by atoms with Crippen LogP contribution in [0.5, 0.6) is 0 Å². The van der Waals surface area contributed by atoms with Crippen LogP contribution in [0.25, 0.3) is 10.9 Å². The molecule has 1 heterocycles. The first-order valence-corrected chi connectivity index (χ1v) is 8.83. The summed E-state index contributed by atoms with van der Waals surface area (Å²) in [5, 5.41) is 12.7. The van der Waals surface area contributed by atoms with Crippen molar-refractivity contribution in [3.63, 3.8) is 0 Å². The Kier molecular flexibility index (Phi) is 5.72. The number of fused-ring (bicyclic) bond motifs is 1. The molecule has 0 unspecified atom stereocenters. The predicted octanol–water partition coefficient (Wildman–Crippen LogP) is 4.03. The van der Waals surface area contributed by atoms with Crippen molar-refractivity contribution in [1.82, 2.24) is 4.57 Å². The zero-order valence-corrected chi connectivity index (χ0v) is 17.0. The standard InChI is InChI=1S/C20H26N2O6/c1-19(2,3)27-16(23)11-22-14-8-7-13(21-18(26)28-20(4,5)6)9-12(14)10-15(22)17(24)25/h7-10H,11H2,1-6H3,(H,21,26)(H,24,25). The number of amides is 1. The molecule has 2 N–H and O–H groups in total. The van der Waals surface area contributed by atoms with Crippen LogP contribution in [0.3, 0.4) is 0 Å². The fraction of sp³-hybridized carbons (Fsp3) is 0.450. The molecule has 0 aliphatic heterocycles. The summed E-state index contributed by atoms with van der Waals surface area (Å²) in [4.78, 5) is 35.7. The molecule has 0 saturated heterocycles. The maximum Gasteiger partial charge on any atom is 0.412 e. The van der Waals surface area contributed by atoms with Crippen LogP contribution in [0.15, 0.2) is 24.3 Å². The number of carbonyl (C=O) groups excluding carboxylic acids is 2. The molecule has 0 atom stereocenters. The first kappa shape index (κ1) is 21.3. The SMILES string of the molecule is CC(C)(C)OC(=O)Cn1c(C(=O)O)cc2cc(NC(=O)OC(C)(C)C)ccc21. The lowest BCUT2D eigenvalue weighted by Crippen LogP contribution is -2.27. The molecule has 0 fully saturated rings. The fourth-order valence-electron chi connectivity index (χ4n) is 2.62. The van der Waals surface area contributed by atoms with Crippen LogP contribution in [-0.2, 0) is 20.8 Å². The number of carboxylic acid groups (broad SMARTS) is 1. The molecule has 0 bridgehead atoms. The highest BCUT2D eigenvalue weighted by Crippen LogP contribution is 2.25. The van der Waals surface area contributed by atoms with Gasteiger partial charge in [0.2, 0.25) is 0 Å². The van der Waals surface area contributed by atoms with Crippen LogP contribution in [0.2, 0.25) is 0 Å². The Hall–Kier alpha value is -3.03. The topological polar surface area (TPSA) is 107 Å². The molecule has 28 heavy (non-hydrogen) atoms. The molecule has 0 aliphatic carbocycles. The second-order valence-electron chi connectivity index (χ2n) is 8.41. The van der Waals surface area contributed by atoms with E-state index in [0.717, 1.165) is 0 Å². The van der Waals surface area contributed by atoms with Gasteiger partial charge in [0.15, 0.2) is 0 Å². The Morgan fingerprint density at radius 1 is 1.00 bits per heavy atom. The molecule has 2 rings (SSSR count). The van der Waals surface area contributed by atoms with Gasteiger partial charge in [-0.15, -0.1) is 0 Å². The molecule has 0 spiro atoms. The molecule has 1 amide bonds. The highest BCUT2D eigenvalue weighted by molar-refractivity contribution is 5.97. The number of aromatic carboxylic acids is 1. The van der Waals surface area contributed by atoms with Crippen molar-refractivity contribution in [2.45, 2.75) is 59.3 Å². The van der Waals surface area contributed by atoms with Gasteiger partial charge in [0.05, 0.1) is 0 Å². The lowest BCUT2D eigenvalue weighted by molar-refractivity contribution is -0.155. The molecule has 1 aromatic carbocycles. The van der Waals surface area contributed by atoms with Gasteiger partial charge >= 0.3 is 18.0 Å². The monoisotopic (exact) mass is 390 g/mol. The summed E-state index contributed by atoms with van der Waals surface area (Å²) in [5.41, 5.74) is -0.364. The first-order chi connectivity index (χ1) is 12.7. The summed E-state index contributed by atoms with van der Waals surface area (Å²) in [6.45, 7) is 10.3. The predicted molar refractivity (Wildman–Crippen MR) is 105 cm³/mol. The zero-order valence-electron chi connectivity index (χ0n) is 17.0. The molecule has 8 heteroatoms. The van der Waals surface area contributed by atoms with Crippen molar-refractivity contribution in [3.8, 4) is 0 Å². The zero-order chi connectivity index (χ0) is 21.3. The van der Waals surface area contributed by atoms with Crippen LogP contribution in [0.4, 0.5) is 10.5 Å². The van der Waals surface area contributed by atoms with Crippen LogP contribution in [0.1, 0.15) is 52.0 Å². The molecule has 8 nitrogen and oxygen atoms in total. The average Bonchev–Trinajstić information content (AvgIpc) is 2.81. The lowest BCUT2D eigenvalue weighted by atomic mass is 10.2. The number of rotatable bonds is 4. The van der Waals surface area contributed by atoms with E-state index in [2.05, 4.69) is 5.32 Å². The largest absolute Gasteiger partial charge is 0.477 e. The quantitative estimate of drug-likeness (QED) is 0.764. The van der Waals surface area contributed by atoms with Crippen molar-refractivity contribution in [3.05, 3.63) is 30.0 Å². The molecular weight excluding hydrogens is 364 g/mol. The van der Waals surface area contributed by atoms with Crippen LogP contribution in [0, 0.1) is 0 Å². The number of carboxylic acids is 1. The molecule has 0 aliphatic rings. The lowest BCUT2D eigenvalue weighted by Gasteiger charge is -2.20. The van der Waals surface area contributed by atoms with E-state index in [1.807, 2.05) is 0 Å². The Balaban J connectivity index is 2.33. The van der Waals surface area contributed by atoms with Crippen molar-refractivity contribution >= 4 is 34.6 Å². The normalized spacial score (nSPS) is 11.9. The number of anilines is 1. The van der Waals surface area contributed by atoms with Crippen molar-refractivity contribution < 1.29 is 29.0 Å². The van der Waals surface area contributed by atoms with Crippen LogP contribution in [-0.4, -0.2) is 38.9 Å². The highest BCUT2D eigenvalue weighted by Gasteiger charge is 2.22. The van der Waals surface area contributed by atoms with E-state index in [9.17, 15) is 19.5 Å². The third-order valence-corrected chi connectivity index (χ3v) is 3.47. The fourth-order valence-corrected chi connectivity index (χ4v) is 2.62. The average molecular weight is 390 g/mol. The van der Waals surface area contributed by atoms with Gasteiger partial charge in [-0.05, 0) is 65.8 Å². The van der Waals surface area contributed by atoms with Gasteiger partial charge in [0.1, 0.15) is 23.4 Å². The number of ether oxygens (including phenoxy) is 2. The molecule has 0 radical (unpaired) electrons. The van der Waals surface area contributed by atoms with E-state index in [-0.39, 0.29) is 12.2 Å². The second-order valence-corrected chi connectivity index (χ2v) is 8.41. The minimum Gasteiger partial charge on any atom is -0.477 e. The summed E-state index contributed by atoms with van der Waals surface area (Å²) in [5.74, 6) is -1.70. The summed E-state index contributed by atoms with van der Waals surface area (Å²) in [6.07, 6.45) is -0.613. The maximum absolute atomic E-state index is 12.2. The summed E-state index contributed by atoms with van der Waals surface area (Å²) >= 11 is 0. The first-order valence-electron chi connectivity index (χ1n) is 8.83. The smallest absolute Gasteiger partial charge is 0.412 e. The van der Waals surface area contributed by atoms with E-state index in [1.165, 1.54) is 10.6 Å². The Morgan fingerprint density at radius 3 is 2.14 bits per heavy atom. The second kappa shape index (κ2) is 7.53. The van der Waals surface area contributed by atoms with Gasteiger partial charge in [-0.2, -0.15) is 0 Å². The molecule has 1 aromatic heterocycles. The minimum atomic E-state index is -1.17. The third kappa shape index (κ3) is 5.73. The van der Waals surface area contributed by atoms with Gasteiger partial charge < -0.3 is 19.1 Å². The number of hydrogen-bond acceptors (Lipinski definition) is 5. The van der Waals surface area contributed by atoms with Crippen LogP contribution < -0.4 is 5.32 Å². The number of hydrogen-bond donors (Lipinski definition) is 2. The summed E-state index contributed by atoms with van der Waals surface area (Å²) in [7, 11) is 0. The van der Waals surface area contributed by atoms with Gasteiger partial charge in [-0.25, -0.2) is 9.59 Å². The Morgan fingerprint density at radius 2 is 1.61 bits per heavy atom. The maximum atomic E-state index is 12.2. The van der Waals surface area contributed by atoms with Crippen molar-refractivity contribution in [2.75, 3.05) is 5.32 Å². The molecule has 152 valence electrons. The summed E-state index contributed by atoms with van der Waals surface area (Å²) < 4.78 is 11.9. The third-order valence-electron chi connectivity index (χ3n) is 3.47. The Labute approximate surface area is 163 Å². The molecular formula is C20H26N2O6. The van der Waals surface area contributed by atoms with Crippen molar-refractivity contribution in [2.24, 2.45) is 0 Å². The number of carbonyl (C=O) groups is 3. The van der Waals surface area contributed by atoms with Gasteiger partial charge in [0, 0.05) is 16.6 Å². The van der Waals surface area contributed by atoms with Gasteiger partial charge in [-0.3, -0.25) is 10.1 Å². The number of nitrogens with one attached hydrogen (secondary N) is 1. The van der Waals surface area contributed by atoms with Gasteiger partial charge in [0.25, 0.3) is 0 Å². The van der Waals surface area contributed by atoms with E-state index >= 15 is 0 Å². The summed E-state index contributed by atoms with van der Waals surface area (Å²) in [6, 6.07) is 6.32. The highest BCUT2D eigenvalue weighted by atomic mass is 16.6. The molecule has 2 aromatic rings.